The zero-order valence-corrected chi connectivity index (χ0v) is 8.64. The van der Waals surface area contributed by atoms with Gasteiger partial charge in [0.1, 0.15) is 5.76 Å². The molecule has 0 unspecified atom stereocenters. The van der Waals surface area contributed by atoms with Gasteiger partial charge in [0.2, 0.25) is 0 Å². The first-order chi connectivity index (χ1) is 6.77. The number of ketones is 1. The first kappa shape index (κ1) is 9.21. The third kappa shape index (κ3) is 1.77. The average molecular weight is 206 g/mol. The lowest BCUT2D eigenvalue weighted by molar-refractivity contribution is 0.0992. The number of aryl methyl sites for hydroxylation is 1. The first-order valence-corrected chi connectivity index (χ1v) is 5.25. The van der Waals surface area contributed by atoms with Crippen LogP contribution in [0.1, 0.15) is 21.0 Å². The smallest absolute Gasteiger partial charge is 0.171 e. The van der Waals surface area contributed by atoms with Gasteiger partial charge in [-0.3, -0.25) is 4.79 Å². The molecule has 0 N–H and O–H groups in total. The maximum Gasteiger partial charge on any atom is 0.171 e. The van der Waals surface area contributed by atoms with E-state index in [0.29, 0.717) is 17.7 Å². The summed E-state index contributed by atoms with van der Waals surface area (Å²) in [5.74, 6) is 0.824. The van der Waals surface area contributed by atoms with Crippen LogP contribution in [0, 0.1) is 6.92 Å². The van der Waals surface area contributed by atoms with Gasteiger partial charge in [-0.1, -0.05) is 6.07 Å². The number of carbonyl (C=O) groups is 1. The van der Waals surface area contributed by atoms with Crippen molar-refractivity contribution < 1.29 is 9.21 Å². The highest BCUT2D eigenvalue weighted by Crippen LogP contribution is 2.15. The van der Waals surface area contributed by atoms with Crippen LogP contribution in [0.5, 0.6) is 0 Å². The number of Topliss-reactive ketones (excluding diaryl/α,β-unsaturated/α-hetero) is 1. The van der Waals surface area contributed by atoms with E-state index in [0.717, 1.165) is 4.88 Å². The quantitative estimate of drug-likeness (QED) is 0.722. The SMILES string of the molecule is Cc1occc1C(=O)Cc1cccs1. The van der Waals surface area contributed by atoms with Gasteiger partial charge in [-0.15, -0.1) is 11.3 Å². The van der Waals surface area contributed by atoms with E-state index in [2.05, 4.69) is 0 Å². The van der Waals surface area contributed by atoms with Gasteiger partial charge in [0.15, 0.2) is 5.78 Å². The molecular weight excluding hydrogens is 196 g/mol. The minimum absolute atomic E-state index is 0.124. The summed E-state index contributed by atoms with van der Waals surface area (Å²) in [5, 5.41) is 1.98. The number of rotatable bonds is 3. The molecule has 3 heteroatoms. The Bertz CT molecular complexity index is 426. The van der Waals surface area contributed by atoms with Gasteiger partial charge in [0.05, 0.1) is 11.8 Å². The molecule has 0 aromatic carbocycles. The van der Waals surface area contributed by atoms with Crippen LogP contribution < -0.4 is 0 Å². The Kier molecular flexibility index (Phi) is 2.50. The fourth-order valence-corrected chi connectivity index (χ4v) is 2.04. The van der Waals surface area contributed by atoms with Crippen molar-refractivity contribution in [2.45, 2.75) is 13.3 Å². The van der Waals surface area contributed by atoms with E-state index in [9.17, 15) is 4.79 Å². The van der Waals surface area contributed by atoms with E-state index >= 15 is 0 Å². The van der Waals surface area contributed by atoms with Crippen LogP contribution in [-0.4, -0.2) is 5.78 Å². The molecule has 2 heterocycles. The van der Waals surface area contributed by atoms with Gasteiger partial charge in [-0.2, -0.15) is 0 Å². The lowest BCUT2D eigenvalue weighted by atomic mass is 10.1. The van der Waals surface area contributed by atoms with Crippen molar-refractivity contribution in [3.63, 3.8) is 0 Å². The van der Waals surface area contributed by atoms with Gasteiger partial charge < -0.3 is 4.42 Å². The van der Waals surface area contributed by atoms with Crippen molar-refractivity contribution in [2.75, 3.05) is 0 Å². The lowest BCUT2D eigenvalue weighted by Gasteiger charge is -1.95. The van der Waals surface area contributed by atoms with Crippen LogP contribution in [0.4, 0.5) is 0 Å². The monoisotopic (exact) mass is 206 g/mol. The molecule has 0 aliphatic heterocycles. The van der Waals surface area contributed by atoms with E-state index in [-0.39, 0.29) is 5.78 Å². The maximum atomic E-state index is 11.7. The Balaban J connectivity index is 2.14. The summed E-state index contributed by atoms with van der Waals surface area (Å²) in [6, 6.07) is 5.65. The molecule has 0 spiro atoms. The standard InChI is InChI=1S/C11H10O2S/c1-8-10(4-5-13-8)11(12)7-9-3-2-6-14-9/h2-6H,7H2,1H3. The molecule has 0 aliphatic rings. The van der Waals surface area contributed by atoms with Gasteiger partial charge >= 0.3 is 0 Å². The molecule has 2 aromatic heterocycles. The molecule has 14 heavy (non-hydrogen) atoms. The first-order valence-electron chi connectivity index (χ1n) is 4.37. The lowest BCUT2D eigenvalue weighted by Crippen LogP contribution is -2.02. The summed E-state index contributed by atoms with van der Waals surface area (Å²) >= 11 is 1.60. The van der Waals surface area contributed by atoms with Crippen molar-refractivity contribution in [2.24, 2.45) is 0 Å². The van der Waals surface area contributed by atoms with Crippen molar-refractivity contribution >= 4 is 17.1 Å². The average Bonchev–Trinajstić information content (AvgIpc) is 2.75. The normalized spacial score (nSPS) is 10.4. The molecule has 0 saturated carbocycles. The van der Waals surface area contributed by atoms with Crippen LogP contribution >= 0.6 is 11.3 Å². The van der Waals surface area contributed by atoms with Crippen LogP contribution in [0.25, 0.3) is 0 Å². The number of carbonyl (C=O) groups excluding carboxylic acids is 1. The minimum atomic E-state index is 0.124. The predicted octanol–water partition coefficient (Wildman–Crippen LogP) is 3.07. The van der Waals surface area contributed by atoms with E-state index in [1.807, 2.05) is 24.4 Å². The summed E-state index contributed by atoms with van der Waals surface area (Å²) in [7, 11) is 0. The fraction of sp³-hybridized carbons (Fsp3) is 0.182. The van der Waals surface area contributed by atoms with E-state index < -0.39 is 0 Å². The molecule has 0 amide bonds. The second-order valence-corrected chi connectivity index (χ2v) is 4.10. The molecule has 2 nitrogen and oxygen atoms in total. The van der Waals surface area contributed by atoms with Crippen molar-refractivity contribution in [1.29, 1.82) is 0 Å². The molecule has 2 rings (SSSR count). The van der Waals surface area contributed by atoms with E-state index in [1.54, 1.807) is 23.7 Å². The van der Waals surface area contributed by atoms with Crippen LogP contribution in [0.15, 0.2) is 34.3 Å². The van der Waals surface area contributed by atoms with Crippen molar-refractivity contribution in [1.82, 2.24) is 0 Å². The highest BCUT2D eigenvalue weighted by atomic mass is 32.1. The van der Waals surface area contributed by atoms with Gasteiger partial charge in [-0.25, -0.2) is 0 Å². The Morgan fingerprint density at radius 1 is 1.50 bits per heavy atom. The summed E-state index contributed by atoms with van der Waals surface area (Å²) in [4.78, 5) is 12.8. The van der Waals surface area contributed by atoms with Gasteiger partial charge in [-0.05, 0) is 24.4 Å². The number of hydrogen-bond acceptors (Lipinski definition) is 3. The van der Waals surface area contributed by atoms with Gasteiger partial charge in [0.25, 0.3) is 0 Å². The fourth-order valence-electron chi connectivity index (χ4n) is 1.34. The number of furan rings is 1. The summed E-state index contributed by atoms with van der Waals surface area (Å²) in [6.07, 6.45) is 2.02. The van der Waals surface area contributed by atoms with E-state index in [1.165, 1.54) is 0 Å². The van der Waals surface area contributed by atoms with E-state index in [4.69, 9.17) is 4.42 Å². The molecule has 72 valence electrons. The zero-order valence-electron chi connectivity index (χ0n) is 7.82. The molecule has 0 aliphatic carbocycles. The van der Waals surface area contributed by atoms with Crippen LogP contribution in [0.3, 0.4) is 0 Å². The molecule has 0 radical (unpaired) electrons. The highest BCUT2D eigenvalue weighted by molar-refractivity contribution is 7.10. The summed E-state index contributed by atoms with van der Waals surface area (Å²) in [6.45, 7) is 1.81. The molecule has 0 bridgehead atoms. The highest BCUT2D eigenvalue weighted by Gasteiger charge is 2.12. The molecule has 0 fully saturated rings. The third-order valence-corrected chi connectivity index (χ3v) is 2.95. The maximum absolute atomic E-state index is 11.7. The topological polar surface area (TPSA) is 30.2 Å². The van der Waals surface area contributed by atoms with Crippen LogP contribution in [0.2, 0.25) is 0 Å². The van der Waals surface area contributed by atoms with Crippen molar-refractivity contribution in [3.8, 4) is 0 Å². The third-order valence-electron chi connectivity index (χ3n) is 2.07. The number of hydrogen-bond donors (Lipinski definition) is 0. The summed E-state index contributed by atoms with van der Waals surface area (Å²) in [5.41, 5.74) is 0.693. The Labute approximate surface area is 86.2 Å². The number of thiophene rings is 1. The Morgan fingerprint density at radius 3 is 2.93 bits per heavy atom. The predicted molar refractivity (Wildman–Crippen MR) is 55.8 cm³/mol. The zero-order chi connectivity index (χ0) is 9.97. The minimum Gasteiger partial charge on any atom is -0.469 e. The molecule has 0 saturated heterocycles. The second kappa shape index (κ2) is 3.80. The Hall–Kier alpha value is -1.35. The molecular formula is C11H10O2S. The molecule has 2 aromatic rings. The molecule has 0 atom stereocenters. The van der Waals surface area contributed by atoms with Crippen LogP contribution in [-0.2, 0) is 6.42 Å². The summed E-state index contributed by atoms with van der Waals surface area (Å²) < 4.78 is 5.09. The Morgan fingerprint density at radius 2 is 2.36 bits per heavy atom. The largest absolute Gasteiger partial charge is 0.469 e. The second-order valence-electron chi connectivity index (χ2n) is 3.07. The van der Waals surface area contributed by atoms with Crippen molar-refractivity contribution in [3.05, 3.63) is 46.0 Å². The van der Waals surface area contributed by atoms with Gasteiger partial charge in [0, 0.05) is 11.3 Å².